The topological polar surface area (TPSA) is 95.3 Å². The minimum absolute atomic E-state index is 0.249. The number of aliphatic hydroxyl groups excluding tert-OH is 1. The molecule has 1 N–H and O–H groups in total. The second-order valence-electron chi connectivity index (χ2n) is 4.08. The summed E-state index contributed by atoms with van der Waals surface area (Å²) < 4.78 is 5.19. The van der Waals surface area contributed by atoms with Gasteiger partial charge in [-0.2, -0.15) is 0 Å². The van der Waals surface area contributed by atoms with Gasteiger partial charge in [-0.1, -0.05) is 11.2 Å². The Bertz CT molecular complexity index is 362. The van der Waals surface area contributed by atoms with E-state index in [2.05, 4.69) is 10.0 Å². The number of hydrogen-bond acceptors (Lipinski definition) is 4. The zero-order chi connectivity index (χ0) is 11.5. The maximum atomic E-state index is 11.7. The number of ether oxygens (including phenoxy) is 1. The van der Waals surface area contributed by atoms with E-state index in [0.717, 1.165) is 12.8 Å². The van der Waals surface area contributed by atoms with Gasteiger partial charge in [0.1, 0.15) is 6.10 Å². The Hall–Kier alpha value is -1.52. The molecule has 0 radical (unpaired) electrons. The number of fused-ring (bicyclic) bond motifs is 3. The maximum absolute atomic E-state index is 11.7. The molecule has 0 unspecified atom stereocenters. The van der Waals surface area contributed by atoms with Crippen molar-refractivity contribution in [2.75, 3.05) is 0 Å². The molecule has 2 aliphatic rings. The van der Waals surface area contributed by atoms with Crippen LogP contribution in [0.1, 0.15) is 19.3 Å². The monoisotopic (exact) mass is 223 g/mol. The quantitative estimate of drug-likeness (QED) is 0.238. The first-order valence-electron chi connectivity index (χ1n) is 5.33. The first kappa shape index (κ1) is 11.0. The highest BCUT2D eigenvalue weighted by Crippen LogP contribution is 2.28. The number of esters is 1. The van der Waals surface area contributed by atoms with E-state index in [9.17, 15) is 9.90 Å². The first-order valence-corrected chi connectivity index (χ1v) is 5.33. The van der Waals surface area contributed by atoms with Gasteiger partial charge >= 0.3 is 5.97 Å². The number of rotatable bonds is 1. The van der Waals surface area contributed by atoms with Crippen LogP contribution in [0.2, 0.25) is 0 Å². The minimum atomic E-state index is -0.987. The van der Waals surface area contributed by atoms with Crippen LogP contribution in [0.3, 0.4) is 0 Å². The van der Waals surface area contributed by atoms with Gasteiger partial charge in [-0.25, -0.2) is 0 Å². The van der Waals surface area contributed by atoms with Gasteiger partial charge in [0.25, 0.3) is 0 Å². The average Bonchev–Trinajstić information content (AvgIpc) is 2.40. The van der Waals surface area contributed by atoms with Crippen LogP contribution < -0.4 is 0 Å². The minimum Gasteiger partial charge on any atom is -0.458 e. The highest BCUT2D eigenvalue weighted by atomic mass is 16.5. The SMILES string of the molecule is [N-]=[N+]=N[C@H]1C=C[C@H]2CCC[C@H](C(=O)O2)[C@@H]1O. The summed E-state index contributed by atoms with van der Waals surface area (Å²) in [6.07, 6.45) is 4.25. The lowest BCUT2D eigenvalue weighted by atomic mass is 9.92. The highest BCUT2D eigenvalue weighted by Gasteiger charge is 2.37. The maximum Gasteiger partial charge on any atom is 0.312 e. The smallest absolute Gasteiger partial charge is 0.312 e. The number of carbonyl (C=O) groups excluding carboxylic acids is 1. The highest BCUT2D eigenvalue weighted by molar-refractivity contribution is 5.74. The Labute approximate surface area is 92.5 Å². The van der Waals surface area contributed by atoms with Gasteiger partial charge < -0.3 is 9.84 Å². The lowest BCUT2D eigenvalue weighted by Crippen LogP contribution is -2.38. The van der Waals surface area contributed by atoms with Gasteiger partial charge in [0, 0.05) is 4.91 Å². The molecule has 0 saturated carbocycles. The van der Waals surface area contributed by atoms with E-state index in [1.807, 2.05) is 0 Å². The summed E-state index contributed by atoms with van der Waals surface area (Å²) >= 11 is 0. The van der Waals surface area contributed by atoms with Gasteiger partial charge in [0.15, 0.2) is 0 Å². The Balaban J connectivity index is 2.33. The molecular weight excluding hydrogens is 210 g/mol. The predicted octanol–water partition coefficient (Wildman–Crippen LogP) is 1.31. The van der Waals surface area contributed by atoms with Crippen molar-refractivity contribution in [1.29, 1.82) is 0 Å². The average molecular weight is 223 g/mol. The Kier molecular flexibility index (Phi) is 3.12. The van der Waals surface area contributed by atoms with Crippen LogP contribution in [0.5, 0.6) is 0 Å². The van der Waals surface area contributed by atoms with E-state index in [1.165, 1.54) is 0 Å². The normalized spacial score (nSPS) is 37.9. The van der Waals surface area contributed by atoms with Crippen molar-refractivity contribution < 1.29 is 14.6 Å². The van der Waals surface area contributed by atoms with Crippen LogP contribution in [0.25, 0.3) is 10.4 Å². The standard InChI is InChI=1S/C10H13N3O3/c11-13-12-8-5-4-6-2-1-3-7(9(8)14)10(15)16-6/h4-9,14H,1-3H2/t6-,7+,8+,9+/m1/s1. The molecule has 2 heterocycles. The molecule has 0 amide bonds. The van der Waals surface area contributed by atoms with E-state index < -0.39 is 24.0 Å². The Morgan fingerprint density at radius 2 is 2.31 bits per heavy atom. The number of azide groups is 1. The van der Waals surface area contributed by atoms with Crippen LogP contribution in [0.15, 0.2) is 17.3 Å². The van der Waals surface area contributed by atoms with E-state index in [0.29, 0.717) is 6.42 Å². The summed E-state index contributed by atoms with van der Waals surface area (Å²) in [5.74, 6) is -0.970. The zero-order valence-electron chi connectivity index (χ0n) is 8.69. The number of carbonyl (C=O) groups is 1. The van der Waals surface area contributed by atoms with E-state index in [4.69, 9.17) is 10.3 Å². The van der Waals surface area contributed by atoms with Crippen molar-refractivity contribution in [3.63, 3.8) is 0 Å². The van der Waals surface area contributed by atoms with Gasteiger partial charge in [0.05, 0.1) is 18.1 Å². The van der Waals surface area contributed by atoms with Crippen molar-refractivity contribution in [1.82, 2.24) is 0 Å². The number of nitrogens with zero attached hydrogens (tertiary/aromatic N) is 3. The largest absolute Gasteiger partial charge is 0.458 e. The molecule has 16 heavy (non-hydrogen) atoms. The first-order chi connectivity index (χ1) is 7.72. The van der Waals surface area contributed by atoms with Crippen LogP contribution >= 0.6 is 0 Å². The molecule has 0 aromatic carbocycles. The molecule has 1 saturated heterocycles. The van der Waals surface area contributed by atoms with Crippen molar-refractivity contribution in [3.8, 4) is 0 Å². The summed E-state index contributed by atoms with van der Waals surface area (Å²) in [5.41, 5.74) is 8.40. The third kappa shape index (κ3) is 2.03. The van der Waals surface area contributed by atoms with Crippen molar-refractivity contribution >= 4 is 5.97 Å². The lowest BCUT2D eigenvalue weighted by Gasteiger charge is -2.25. The molecule has 0 aromatic heterocycles. The second kappa shape index (κ2) is 4.55. The molecule has 2 aliphatic heterocycles. The molecule has 0 spiro atoms. The van der Waals surface area contributed by atoms with Gasteiger partial charge in [-0.05, 0) is 30.9 Å². The number of hydrogen-bond donors (Lipinski definition) is 1. The van der Waals surface area contributed by atoms with E-state index in [1.54, 1.807) is 12.2 Å². The fraction of sp³-hybridized carbons (Fsp3) is 0.700. The second-order valence-corrected chi connectivity index (χ2v) is 4.08. The zero-order valence-corrected chi connectivity index (χ0v) is 8.69. The molecule has 6 nitrogen and oxygen atoms in total. The molecule has 4 atom stereocenters. The van der Waals surface area contributed by atoms with E-state index >= 15 is 0 Å². The molecule has 2 bridgehead atoms. The summed E-state index contributed by atoms with van der Waals surface area (Å²) in [5, 5.41) is 13.5. The van der Waals surface area contributed by atoms with Crippen LogP contribution in [-0.4, -0.2) is 29.3 Å². The van der Waals surface area contributed by atoms with Crippen molar-refractivity contribution in [3.05, 3.63) is 22.6 Å². The van der Waals surface area contributed by atoms with Gasteiger partial charge in [-0.3, -0.25) is 4.79 Å². The van der Waals surface area contributed by atoms with Crippen LogP contribution in [0.4, 0.5) is 0 Å². The van der Waals surface area contributed by atoms with Crippen LogP contribution in [0, 0.1) is 5.92 Å². The van der Waals surface area contributed by atoms with Gasteiger partial charge in [0.2, 0.25) is 0 Å². The number of aliphatic hydroxyl groups is 1. The Morgan fingerprint density at radius 3 is 3.06 bits per heavy atom. The van der Waals surface area contributed by atoms with Crippen molar-refractivity contribution in [2.45, 2.75) is 37.5 Å². The summed E-state index contributed by atoms with van der Waals surface area (Å²) in [4.78, 5) is 14.3. The van der Waals surface area contributed by atoms with E-state index in [-0.39, 0.29) is 6.10 Å². The van der Waals surface area contributed by atoms with Crippen molar-refractivity contribution in [2.24, 2.45) is 11.0 Å². The fourth-order valence-corrected chi connectivity index (χ4v) is 2.15. The molecule has 0 aromatic rings. The third-order valence-corrected chi connectivity index (χ3v) is 3.04. The molecule has 86 valence electrons. The molecule has 1 fully saturated rings. The Morgan fingerprint density at radius 1 is 1.50 bits per heavy atom. The molecule has 2 rings (SSSR count). The van der Waals surface area contributed by atoms with Crippen LogP contribution in [-0.2, 0) is 9.53 Å². The summed E-state index contributed by atoms with van der Waals surface area (Å²) in [7, 11) is 0. The molecule has 6 heteroatoms. The van der Waals surface area contributed by atoms with Gasteiger partial charge in [-0.15, -0.1) is 0 Å². The fourth-order valence-electron chi connectivity index (χ4n) is 2.15. The molecule has 0 aliphatic carbocycles. The summed E-state index contributed by atoms with van der Waals surface area (Å²) in [6.45, 7) is 0. The molecular formula is C10H13N3O3. The lowest BCUT2D eigenvalue weighted by molar-refractivity contribution is -0.155. The predicted molar refractivity (Wildman–Crippen MR) is 55.3 cm³/mol. The summed E-state index contributed by atoms with van der Waals surface area (Å²) in [6, 6.07) is -0.677. The third-order valence-electron chi connectivity index (χ3n) is 3.04.